The molecular formula is C32H45N3O6. The Morgan fingerprint density at radius 2 is 1.56 bits per heavy atom. The van der Waals surface area contributed by atoms with Gasteiger partial charge in [-0.3, -0.25) is 9.59 Å². The lowest BCUT2D eigenvalue weighted by atomic mass is 9.92. The van der Waals surface area contributed by atoms with Crippen LogP contribution in [0, 0.1) is 0 Å². The maximum atomic E-state index is 14.5. The van der Waals surface area contributed by atoms with Gasteiger partial charge in [-0.1, -0.05) is 43.5 Å². The van der Waals surface area contributed by atoms with Crippen LogP contribution in [0.25, 0.3) is 0 Å². The molecule has 0 aromatic heterocycles. The molecule has 3 amide bonds. The fraction of sp³-hybridized carbons (Fsp3) is 0.531. The van der Waals surface area contributed by atoms with Gasteiger partial charge in [0.15, 0.2) is 0 Å². The number of rotatable bonds is 8. The predicted molar refractivity (Wildman–Crippen MR) is 157 cm³/mol. The van der Waals surface area contributed by atoms with Crippen molar-refractivity contribution in [3.05, 3.63) is 59.7 Å². The number of carbonyl (C=O) groups excluding carboxylic acids is 3. The Labute approximate surface area is 243 Å². The van der Waals surface area contributed by atoms with Crippen LogP contribution < -0.4 is 10.6 Å². The van der Waals surface area contributed by atoms with Crippen LogP contribution in [0.4, 0.5) is 4.79 Å². The molecule has 224 valence electrons. The van der Waals surface area contributed by atoms with E-state index < -0.39 is 35.2 Å². The Hall–Kier alpha value is -3.75. The molecule has 41 heavy (non-hydrogen) atoms. The molecule has 2 aromatic rings. The fourth-order valence-electron chi connectivity index (χ4n) is 5.17. The molecule has 2 atom stereocenters. The molecule has 4 N–H and O–H groups in total. The van der Waals surface area contributed by atoms with Gasteiger partial charge in [-0.15, -0.1) is 0 Å². The van der Waals surface area contributed by atoms with Gasteiger partial charge in [0.1, 0.15) is 29.2 Å². The molecule has 1 aliphatic rings. The van der Waals surface area contributed by atoms with Crippen LogP contribution in [0.15, 0.2) is 48.5 Å². The Morgan fingerprint density at radius 3 is 2.12 bits per heavy atom. The van der Waals surface area contributed by atoms with Crippen molar-refractivity contribution < 1.29 is 29.3 Å². The number of aromatic hydroxyl groups is 2. The lowest BCUT2D eigenvalue weighted by molar-refractivity contribution is -0.148. The van der Waals surface area contributed by atoms with Crippen LogP contribution in [0.1, 0.15) is 90.8 Å². The average Bonchev–Trinajstić information content (AvgIpc) is 2.86. The van der Waals surface area contributed by atoms with Crippen LogP contribution in [-0.4, -0.2) is 56.2 Å². The van der Waals surface area contributed by atoms with Gasteiger partial charge in [0.25, 0.3) is 0 Å². The second-order valence-corrected chi connectivity index (χ2v) is 12.8. The number of phenols is 2. The monoisotopic (exact) mass is 567 g/mol. The van der Waals surface area contributed by atoms with Crippen molar-refractivity contribution in [3.8, 4) is 11.5 Å². The molecule has 1 fully saturated rings. The SMILES string of the molecule is CC(C)(C)OC(=O)NC(Cc1ccc(O)cc1)C(=O)N(C(C(=O)NC1CCCCC1)c1cccc(O)c1)C(C)(C)C. The van der Waals surface area contributed by atoms with Gasteiger partial charge in [-0.05, 0) is 89.8 Å². The van der Waals surface area contributed by atoms with E-state index in [2.05, 4.69) is 10.6 Å². The summed E-state index contributed by atoms with van der Waals surface area (Å²) in [4.78, 5) is 42.9. The number of hydrogen-bond acceptors (Lipinski definition) is 6. The molecule has 0 aliphatic heterocycles. The van der Waals surface area contributed by atoms with E-state index >= 15 is 0 Å². The molecule has 1 aliphatic carbocycles. The summed E-state index contributed by atoms with van der Waals surface area (Å²) in [6.45, 7) is 10.7. The van der Waals surface area contributed by atoms with Crippen molar-refractivity contribution in [2.24, 2.45) is 0 Å². The van der Waals surface area contributed by atoms with E-state index in [1.54, 1.807) is 45.0 Å². The van der Waals surface area contributed by atoms with E-state index in [1.165, 1.54) is 29.2 Å². The summed E-state index contributed by atoms with van der Waals surface area (Å²) in [6.07, 6.45) is 4.25. The minimum atomic E-state index is -1.09. The van der Waals surface area contributed by atoms with Crippen molar-refractivity contribution in [1.29, 1.82) is 0 Å². The highest BCUT2D eigenvalue weighted by Crippen LogP contribution is 2.32. The zero-order valence-corrected chi connectivity index (χ0v) is 25.1. The molecule has 9 heteroatoms. The van der Waals surface area contributed by atoms with Gasteiger partial charge in [0, 0.05) is 18.0 Å². The Bertz CT molecular complexity index is 1190. The zero-order chi connectivity index (χ0) is 30.4. The topological polar surface area (TPSA) is 128 Å². The fourth-order valence-corrected chi connectivity index (χ4v) is 5.17. The third-order valence-electron chi connectivity index (χ3n) is 6.97. The van der Waals surface area contributed by atoms with Crippen LogP contribution in [0.5, 0.6) is 11.5 Å². The summed E-state index contributed by atoms with van der Waals surface area (Å²) in [5, 5.41) is 26.0. The van der Waals surface area contributed by atoms with E-state index in [1.807, 2.05) is 20.8 Å². The summed E-state index contributed by atoms with van der Waals surface area (Å²) in [6, 6.07) is 10.6. The zero-order valence-electron chi connectivity index (χ0n) is 25.1. The first kappa shape index (κ1) is 31.8. The normalized spacial score (nSPS) is 15.9. The first-order valence-electron chi connectivity index (χ1n) is 14.3. The number of carbonyl (C=O) groups is 3. The highest BCUT2D eigenvalue weighted by atomic mass is 16.6. The van der Waals surface area contributed by atoms with Crippen molar-refractivity contribution >= 4 is 17.9 Å². The summed E-state index contributed by atoms with van der Waals surface area (Å²) >= 11 is 0. The first-order valence-corrected chi connectivity index (χ1v) is 14.3. The van der Waals surface area contributed by atoms with Crippen molar-refractivity contribution in [1.82, 2.24) is 15.5 Å². The van der Waals surface area contributed by atoms with Crippen LogP contribution >= 0.6 is 0 Å². The second-order valence-electron chi connectivity index (χ2n) is 12.8. The minimum Gasteiger partial charge on any atom is -0.508 e. The predicted octanol–water partition coefficient (Wildman–Crippen LogP) is 5.35. The number of phenolic OH excluding ortho intramolecular Hbond substituents is 2. The van der Waals surface area contributed by atoms with E-state index in [0.29, 0.717) is 11.1 Å². The van der Waals surface area contributed by atoms with Gasteiger partial charge < -0.3 is 30.5 Å². The number of nitrogens with one attached hydrogen (secondary N) is 2. The van der Waals surface area contributed by atoms with E-state index in [4.69, 9.17) is 4.74 Å². The number of ether oxygens (including phenoxy) is 1. The lowest BCUT2D eigenvalue weighted by Gasteiger charge is -2.43. The van der Waals surface area contributed by atoms with E-state index in [9.17, 15) is 24.6 Å². The maximum Gasteiger partial charge on any atom is 0.408 e. The van der Waals surface area contributed by atoms with Crippen LogP contribution in [-0.2, 0) is 20.7 Å². The minimum absolute atomic E-state index is 0.000612. The molecule has 2 aromatic carbocycles. The molecule has 0 saturated heterocycles. The van der Waals surface area contributed by atoms with Gasteiger partial charge >= 0.3 is 6.09 Å². The van der Waals surface area contributed by atoms with Crippen molar-refractivity contribution in [2.75, 3.05) is 0 Å². The standard InChI is InChI=1S/C32H45N3O6/c1-31(2,3)35(27(22-11-10-14-25(37)20-22)28(38)33-23-12-8-7-9-13-23)29(39)26(34-30(40)41-32(4,5)6)19-21-15-17-24(36)18-16-21/h10-11,14-18,20,23,26-27,36-37H,7-9,12-13,19H2,1-6H3,(H,33,38)(H,34,40). The number of benzene rings is 2. The Balaban J connectivity index is 2.05. The number of hydrogen-bond donors (Lipinski definition) is 4. The van der Waals surface area contributed by atoms with Crippen LogP contribution in [0.2, 0.25) is 0 Å². The number of amides is 3. The highest BCUT2D eigenvalue weighted by molar-refractivity contribution is 5.93. The second kappa shape index (κ2) is 13.3. The van der Waals surface area contributed by atoms with Crippen LogP contribution in [0.3, 0.4) is 0 Å². The summed E-state index contributed by atoms with van der Waals surface area (Å²) in [5.41, 5.74) is -0.488. The summed E-state index contributed by atoms with van der Waals surface area (Å²) in [7, 11) is 0. The van der Waals surface area contributed by atoms with Gasteiger partial charge in [0.05, 0.1) is 0 Å². The van der Waals surface area contributed by atoms with Gasteiger partial charge in [-0.25, -0.2) is 4.79 Å². The quantitative estimate of drug-likeness (QED) is 0.340. The molecule has 0 bridgehead atoms. The molecular weight excluding hydrogens is 522 g/mol. The number of alkyl carbamates (subject to hydrolysis) is 1. The lowest BCUT2D eigenvalue weighted by Crippen LogP contribution is -2.59. The Morgan fingerprint density at radius 1 is 0.927 bits per heavy atom. The molecule has 2 unspecified atom stereocenters. The number of nitrogens with zero attached hydrogens (tertiary/aromatic N) is 1. The largest absolute Gasteiger partial charge is 0.508 e. The van der Waals surface area contributed by atoms with Crippen molar-refractivity contribution in [3.63, 3.8) is 0 Å². The molecule has 9 nitrogen and oxygen atoms in total. The van der Waals surface area contributed by atoms with Crippen molar-refractivity contribution in [2.45, 2.75) is 109 Å². The third-order valence-corrected chi connectivity index (χ3v) is 6.97. The van der Waals surface area contributed by atoms with E-state index in [-0.39, 0.29) is 29.9 Å². The summed E-state index contributed by atoms with van der Waals surface area (Å²) < 4.78 is 5.48. The molecule has 0 radical (unpaired) electrons. The summed E-state index contributed by atoms with van der Waals surface area (Å²) in [5.74, 6) is -0.766. The van der Waals surface area contributed by atoms with E-state index in [0.717, 1.165) is 32.1 Å². The third kappa shape index (κ3) is 9.40. The smallest absolute Gasteiger partial charge is 0.408 e. The molecule has 1 saturated carbocycles. The molecule has 0 heterocycles. The molecule has 3 rings (SSSR count). The first-order chi connectivity index (χ1) is 19.1. The molecule has 0 spiro atoms. The average molecular weight is 568 g/mol. The Kier molecular flexibility index (Phi) is 10.3. The highest BCUT2D eigenvalue weighted by Gasteiger charge is 2.42. The maximum absolute atomic E-state index is 14.5. The van der Waals surface area contributed by atoms with Gasteiger partial charge in [-0.2, -0.15) is 0 Å². The van der Waals surface area contributed by atoms with Gasteiger partial charge in [0.2, 0.25) is 11.8 Å².